The van der Waals surface area contributed by atoms with E-state index in [1.165, 1.54) is 30.3 Å². The van der Waals surface area contributed by atoms with Crippen LogP contribution in [-0.4, -0.2) is 56.5 Å². The number of carbonyl (C=O) groups is 1. The highest BCUT2D eigenvalue weighted by atomic mass is 35.5. The lowest BCUT2D eigenvalue weighted by Gasteiger charge is -2.26. The Balaban J connectivity index is 1.01. The van der Waals surface area contributed by atoms with Gasteiger partial charge in [-0.2, -0.15) is 0 Å². The third-order valence-electron chi connectivity index (χ3n) is 8.02. The van der Waals surface area contributed by atoms with Crippen molar-refractivity contribution < 1.29 is 9.53 Å². The lowest BCUT2D eigenvalue weighted by atomic mass is 10.1. The highest BCUT2D eigenvalue weighted by Gasteiger charge is 2.44. The molecule has 1 saturated heterocycles. The van der Waals surface area contributed by atoms with Gasteiger partial charge in [0.25, 0.3) is 0 Å². The van der Waals surface area contributed by atoms with Gasteiger partial charge in [-0.25, -0.2) is 15.0 Å². The molecular weight excluding hydrogens is 526 g/mol. The second kappa shape index (κ2) is 10.8. The number of hydrogen-bond acceptors (Lipinski definition) is 7. The molecule has 2 unspecified atom stereocenters. The zero-order valence-corrected chi connectivity index (χ0v) is 23.0. The summed E-state index contributed by atoms with van der Waals surface area (Å²) < 4.78 is 7.72. The zero-order valence-electron chi connectivity index (χ0n) is 22.2. The Kier molecular flexibility index (Phi) is 6.87. The molecular formula is C30H32ClN7O2. The highest BCUT2D eigenvalue weighted by molar-refractivity contribution is 6.30. The highest BCUT2D eigenvalue weighted by Crippen LogP contribution is 2.48. The number of rotatable bonds is 9. The molecule has 4 heterocycles. The Hall–Kier alpha value is -3.53. The number of hydrogen-bond donors (Lipinski definition) is 2. The number of imidazole rings is 1. The molecule has 0 bridgehead atoms. The Morgan fingerprint density at radius 3 is 2.73 bits per heavy atom. The number of amides is 1. The maximum absolute atomic E-state index is 12.8. The molecule has 3 aromatic heterocycles. The van der Waals surface area contributed by atoms with Crippen LogP contribution >= 0.6 is 11.6 Å². The number of anilines is 2. The Morgan fingerprint density at radius 2 is 1.90 bits per heavy atom. The van der Waals surface area contributed by atoms with Gasteiger partial charge in [0, 0.05) is 54.6 Å². The molecule has 4 aromatic rings. The molecule has 206 valence electrons. The van der Waals surface area contributed by atoms with Crippen LogP contribution in [0.2, 0.25) is 5.02 Å². The number of pyridine rings is 1. The van der Waals surface area contributed by atoms with Gasteiger partial charge in [-0.1, -0.05) is 23.7 Å². The summed E-state index contributed by atoms with van der Waals surface area (Å²) in [5, 5.41) is 6.99. The van der Waals surface area contributed by atoms with Crippen molar-refractivity contribution in [1.29, 1.82) is 0 Å². The fraction of sp³-hybridized carbons (Fsp3) is 0.400. The summed E-state index contributed by atoms with van der Waals surface area (Å²) >= 11 is 6.12. The molecule has 3 aliphatic rings. The van der Waals surface area contributed by atoms with E-state index in [0.717, 1.165) is 56.2 Å². The van der Waals surface area contributed by atoms with E-state index in [2.05, 4.69) is 48.4 Å². The fourth-order valence-corrected chi connectivity index (χ4v) is 5.80. The maximum Gasteiger partial charge on any atom is 0.229 e. The smallest absolute Gasteiger partial charge is 0.229 e. The number of halogens is 1. The molecule has 2 N–H and O–H groups in total. The summed E-state index contributed by atoms with van der Waals surface area (Å²) in [5.74, 6) is 1.88. The van der Waals surface area contributed by atoms with Crippen molar-refractivity contribution in [3.8, 4) is 0 Å². The molecule has 1 aromatic carbocycles. The van der Waals surface area contributed by atoms with Gasteiger partial charge in [0.05, 0.1) is 25.5 Å². The summed E-state index contributed by atoms with van der Waals surface area (Å²) in [6, 6.07) is 11.8. The van der Waals surface area contributed by atoms with Gasteiger partial charge < -0.3 is 19.8 Å². The number of carbonyl (C=O) groups excluding carboxylic acids is 1. The number of nitrogens with one attached hydrogen (secondary N) is 2. The molecule has 10 heteroatoms. The van der Waals surface area contributed by atoms with Crippen molar-refractivity contribution >= 4 is 34.8 Å². The van der Waals surface area contributed by atoms with E-state index in [4.69, 9.17) is 21.3 Å². The summed E-state index contributed by atoms with van der Waals surface area (Å²) in [5.41, 5.74) is 5.70. The molecule has 2 aliphatic carbocycles. The average Bonchev–Trinajstić information content (AvgIpc) is 3.89. The first kappa shape index (κ1) is 25.4. The van der Waals surface area contributed by atoms with Crippen LogP contribution in [0.5, 0.6) is 0 Å². The fourth-order valence-electron chi connectivity index (χ4n) is 5.60. The van der Waals surface area contributed by atoms with Crippen LogP contribution in [0.1, 0.15) is 53.5 Å². The third kappa shape index (κ3) is 5.68. The van der Waals surface area contributed by atoms with Crippen molar-refractivity contribution in [1.82, 2.24) is 24.3 Å². The topological polar surface area (TPSA) is 96.7 Å². The summed E-state index contributed by atoms with van der Waals surface area (Å²) in [7, 11) is 0. The van der Waals surface area contributed by atoms with Gasteiger partial charge in [0.1, 0.15) is 23.6 Å². The lowest BCUT2D eigenvalue weighted by Crippen LogP contribution is -2.35. The quantitative estimate of drug-likeness (QED) is 0.304. The van der Waals surface area contributed by atoms with Crippen LogP contribution < -0.4 is 10.6 Å². The number of benzene rings is 1. The van der Waals surface area contributed by atoms with Gasteiger partial charge in [-0.15, -0.1) is 0 Å². The Labute approximate surface area is 237 Å². The van der Waals surface area contributed by atoms with Crippen molar-refractivity contribution in [3.05, 3.63) is 82.5 Å². The van der Waals surface area contributed by atoms with E-state index in [9.17, 15) is 4.79 Å². The van der Waals surface area contributed by atoms with Gasteiger partial charge in [-0.3, -0.25) is 9.69 Å². The molecule has 1 amide bonds. The van der Waals surface area contributed by atoms with Crippen LogP contribution in [0.25, 0.3) is 5.65 Å². The molecule has 3 fully saturated rings. The van der Waals surface area contributed by atoms with E-state index in [1.807, 2.05) is 24.3 Å². The average molecular weight is 558 g/mol. The minimum atomic E-state index is -0.0741. The first-order valence-electron chi connectivity index (χ1n) is 14.0. The van der Waals surface area contributed by atoms with E-state index >= 15 is 0 Å². The lowest BCUT2D eigenvalue weighted by molar-refractivity contribution is -0.117. The standard InChI is InChI=1S/C30H32ClN7O2/c31-23-3-1-2-20(11-23)25-12-26(25)30(39)36-28-13-27(33-18-34-28)32-14-24-17-38-16-21(19-4-5-19)10-22(29(38)35-24)15-37-6-8-40-9-7-37/h1-3,10-11,13,16-19,25-26H,4-9,12,14-15H2,(H2,32,33,34,36,39). The van der Waals surface area contributed by atoms with Crippen LogP contribution in [0, 0.1) is 5.92 Å². The predicted molar refractivity (Wildman–Crippen MR) is 154 cm³/mol. The largest absolute Gasteiger partial charge is 0.379 e. The predicted octanol–water partition coefficient (Wildman–Crippen LogP) is 4.84. The van der Waals surface area contributed by atoms with Crippen molar-refractivity contribution in [2.24, 2.45) is 5.92 Å². The van der Waals surface area contributed by atoms with Gasteiger partial charge in [0.15, 0.2) is 0 Å². The summed E-state index contributed by atoms with van der Waals surface area (Å²) in [6.45, 7) is 4.86. The van der Waals surface area contributed by atoms with E-state index < -0.39 is 0 Å². The minimum absolute atomic E-state index is 0.0331. The molecule has 0 spiro atoms. The van der Waals surface area contributed by atoms with Crippen LogP contribution in [-0.2, 0) is 22.6 Å². The maximum atomic E-state index is 12.8. The van der Waals surface area contributed by atoms with Crippen LogP contribution in [0.3, 0.4) is 0 Å². The molecule has 1 aliphatic heterocycles. The number of aromatic nitrogens is 4. The van der Waals surface area contributed by atoms with E-state index in [1.54, 1.807) is 6.07 Å². The van der Waals surface area contributed by atoms with Crippen molar-refractivity contribution in [2.75, 3.05) is 36.9 Å². The zero-order chi connectivity index (χ0) is 27.1. The molecule has 40 heavy (non-hydrogen) atoms. The number of morpholine rings is 1. The molecule has 2 atom stereocenters. The third-order valence-corrected chi connectivity index (χ3v) is 8.25. The van der Waals surface area contributed by atoms with Crippen molar-refractivity contribution in [2.45, 2.75) is 44.2 Å². The number of ether oxygens (including phenoxy) is 1. The normalized spacial score (nSPS) is 20.9. The van der Waals surface area contributed by atoms with E-state index in [-0.39, 0.29) is 17.7 Å². The minimum Gasteiger partial charge on any atom is -0.379 e. The second-order valence-electron chi connectivity index (χ2n) is 11.1. The molecule has 2 saturated carbocycles. The first-order valence-corrected chi connectivity index (χ1v) is 14.4. The molecule has 7 rings (SSSR count). The SMILES string of the molecule is O=C(Nc1cc(NCc2cn3cc(C4CC4)cc(CN4CCOCC4)c3n2)ncn1)C1CC1c1cccc(Cl)c1. The molecule has 9 nitrogen and oxygen atoms in total. The van der Waals surface area contributed by atoms with Gasteiger partial charge in [0.2, 0.25) is 5.91 Å². The first-order chi connectivity index (χ1) is 19.6. The Morgan fingerprint density at radius 1 is 1.05 bits per heavy atom. The van der Waals surface area contributed by atoms with Gasteiger partial charge >= 0.3 is 0 Å². The summed E-state index contributed by atoms with van der Waals surface area (Å²) in [4.78, 5) is 28.9. The van der Waals surface area contributed by atoms with Gasteiger partial charge in [-0.05, 0) is 60.4 Å². The molecule has 0 radical (unpaired) electrons. The Bertz CT molecular complexity index is 1550. The second-order valence-corrected chi connectivity index (χ2v) is 11.5. The number of fused-ring (bicyclic) bond motifs is 1. The van der Waals surface area contributed by atoms with Crippen LogP contribution in [0.15, 0.2) is 55.1 Å². The monoisotopic (exact) mass is 557 g/mol. The van der Waals surface area contributed by atoms with E-state index in [0.29, 0.717) is 29.1 Å². The van der Waals surface area contributed by atoms with Crippen LogP contribution in [0.4, 0.5) is 11.6 Å². The van der Waals surface area contributed by atoms with Crippen molar-refractivity contribution in [3.63, 3.8) is 0 Å². The summed E-state index contributed by atoms with van der Waals surface area (Å²) in [6.07, 6.45) is 9.14. The number of nitrogens with zero attached hydrogens (tertiary/aromatic N) is 5.